The molecule has 22 heavy (non-hydrogen) atoms. The molecule has 1 saturated heterocycles. The van der Waals surface area contributed by atoms with Crippen LogP contribution >= 0.6 is 11.6 Å². The summed E-state index contributed by atoms with van der Waals surface area (Å²) in [6.45, 7) is 0. The molecule has 0 aromatic heterocycles. The van der Waals surface area contributed by atoms with Gasteiger partial charge in [-0.1, -0.05) is 23.7 Å². The summed E-state index contributed by atoms with van der Waals surface area (Å²) in [5, 5.41) is 3.45. The minimum absolute atomic E-state index is 0.0263. The van der Waals surface area contributed by atoms with Gasteiger partial charge in [-0.15, -0.1) is 0 Å². The van der Waals surface area contributed by atoms with Crippen molar-refractivity contribution in [3.63, 3.8) is 0 Å². The van der Waals surface area contributed by atoms with E-state index in [0.717, 1.165) is 5.56 Å². The summed E-state index contributed by atoms with van der Waals surface area (Å²) in [7, 11) is 0. The second-order valence-corrected chi connectivity index (χ2v) is 5.61. The topological polar surface area (TPSA) is 53.2 Å². The molecule has 114 valence electrons. The maximum absolute atomic E-state index is 12.9. The lowest BCUT2D eigenvalue weighted by atomic mass is 10.0. The molecule has 0 spiro atoms. The first-order valence-electron chi connectivity index (χ1n) is 6.95. The summed E-state index contributed by atoms with van der Waals surface area (Å²) in [4.78, 5) is 12.2. The van der Waals surface area contributed by atoms with Crippen LogP contribution in [0.25, 0.3) is 0 Å². The molecule has 1 fully saturated rings. The van der Waals surface area contributed by atoms with Gasteiger partial charge in [-0.2, -0.15) is 0 Å². The normalized spacial score (nSPS) is 20.8. The van der Waals surface area contributed by atoms with Crippen LogP contribution in [-0.2, 0) is 4.79 Å². The maximum Gasteiger partial charge on any atom is 0.242 e. The molecule has 4 nitrogen and oxygen atoms in total. The number of amides is 1. The minimum atomic E-state index is -0.356. The summed E-state index contributed by atoms with van der Waals surface area (Å²) < 4.78 is 12.9. The number of anilines is 1. The largest absolute Gasteiger partial charge is 0.325 e. The predicted molar refractivity (Wildman–Crippen MR) is 83.9 cm³/mol. The molecule has 6 heteroatoms. The Hall–Kier alpha value is -1.95. The second kappa shape index (κ2) is 6.44. The van der Waals surface area contributed by atoms with Crippen LogP contribution in [0.4, 0.5) is 10.1 Å². The van der Waals surface area contributed by atoms with Gasteiger partial charge in [0.15, 0.2) is 0 Å². The smallest absolute Gasteiger partial charge is 0.242 e. The van der Waals surface area contributed by atoms with Gasteiger partial charge in [0.05, 0.1) is 0 Å². The maximum atomic E-state index is 12.9. The molecule has 0 aliphatic carbocycles. The highest BCUT2D eigenvalue weighted by atomic mass is 35.5. The second-order valence-electron chi connectivity index (χ2n) is 5.18. The Morgan fingerprint density at radius 2 is 1.77 bits per heavy atom. The van der Waals surface area contributed by atoms with Gasteiger partial charge in [0, 0.05) is 16.8 Å². The van der Waals surface area contributed by atoms with E-state index in [9.17, 15) is 9.18 Å². The van der Waals surface area contributed by atoms with Crippen molar-refractivity contribution < 1.29 is 9.18 Å². The minimum Gasteiger partial charge on any atom is -0.325 e. The molecule has 2 atom stereocenters. The van der Waals surface area contributed by atoms with Crippen LogP contribution in [0.1, 0.15) is 18.0 Å². The van der Waals surface area contributed by atoms with E-state index in [0.29, 0.717) is 17.1 Å². The van der Waals surface area contributed by atoms with E-state index in [1.54, 1.807) is 36.4 Å². The number of nitrogens with one attached hydrogen (secondary N) is 3. The first kappa shape index (κ1) is 15.0. The van der Waals surface area contributed by atoms with Gasteiger partial charge in [0.2, 0.25) is 5.91 Å². The third-order valence-corrected chi connectivity index (χ3v) is 3.86. The molecule has 0 radical (unpaired) electrons. The number of hydrogen-bond donors (Lipinski definition) is 3. The van der Waals surface area contributed by atoms with Crippen LogP contribution in [0, 0.1) is 5.82 Å². The molecular formula is C16H15ClFN3O. The van der Waals surface area contributed by atoms with Gasteiger partial charge in [-0.3, -0.25) is 4.79 Å². The molecule has 1 amide bonds. The number of hydrogen-bond acceptors (Lipinski definition) is 3. The Kier molecular flexibility index (Phi) is 4.38. The molecule has 1 aliphatic rings. The molecule has 0 bridgehead atoms. The molecule has 2 aromatic rings. The van der Waals surface area contributed by atoms with Crippen LogP contribution in [-0.4, -0.2) is 11.9 Å². The highest BCUT2D eigenvalue weighted by Crippen LogP contribution is 2.23. The van der Waals surface area contributed by atoms with Gasteiger partial charge in [-0.25, -0.2) is 15.2 Å². The monoisotopic (exact) mass is 319 g/mol. The third-order valence-electron chi connectivity index (χ3n) is 3.60. The molecule has 2 aromatic carbocycles. The number of benzene rings is 2. The van der Waals surface area contributed by atoms with Crippen LogP contribution in [0.3, 0.4) is 0 Å². The van der Waals surface area contributed by atoms with E-state index in [2.05, 4.69) is 16.2 Å². The van der Waals surface area contributed by atoms with E-state index < -0.39 is 0 Å². The van der Waals surface area contributed by atoms with Crippen LogP contribution in [0.5, 0.6) is 0 Å². The highest BCUT2D eigenvalue weighted by molar-refractivity contribution is 6.30. The molecule has 1 heterocycles. The average molecular weight is 320 g/mol. The van der Waals surface area contributed by atoms with E-state index in [1.165, 1.54) is 12.1 Å². The average Bonchev–Trinajstić information content (AvgIpc) is 3.00. The van der Waals surface area contributed by atoms with Gasteiger partial charge in [-0.05, 0) is 48.4 Å². The summed E-state index contributed by atoms with van der Waals surface area (Å²) >= 11 is 5.81. The lowest BCUT2D eigenvalue weighted by Crippen LogP contribution is -2.39. The number of hydrazine groups is 1. The van der Waals surface area contributed by atoms with E-state index in [1.807, 2.05) is 0 Å². The SMILES string of the molecule is O=C(Nc1ccc(Cl)cc1)C1CC(c2ccc(F)cc2)NN1. The lowest BCUT2D eigenvalue weighted by molar-refractivity contribution is -0.117. The van der Waals surface area contributed by atoms with Gasteiger partial charge in [0.25, 0.3) is 0 Å². The highest BCUT2D eigenvalue weighted by Gasteiger charge is 2.30. The zero-order chi connectivity index (χ0) is 15.5. The van der Waals surface area contributed by atoms with Crippen molar-refractivity contribution in [2.75, 3.05) is 5.32 Å². The van der Waals surface area contributed by atoms with Gasteiger partial charge < -0.3 is 5.32 Å². The fourth-order valence-corrected chi connectivity index (χ4v) is 2.53. The molecular weight excluding hydrogens is 305 g/mol. The van der Waals surface area contributed by atoms with Crippen molar-refractivity contribution in [2.24, 2.45) is 0 Å². The van der Waals surface area contributed by atoms with Crippen LogP contribution in [0.15, 0.2) is 48.5 Å². The summed E-state index contributed by atoms with van der Waals surface area (Å²) in [6.07, 6.45) is 0.588. The van der Waals surface area contributed by atoms with E-state index in [-0.39, 0.29) is 23.8 Å². The lowest BCUT2D eigenvalue weighted by Gasteiger charge is -2.11. The zero-order valence-electron chi connectivity index (χ0n) is 11.6. The van der Waals surface area contributed by atoms with Crippen LogP contribution in [0.2, 0.25) is 5.02 Å². The molecule has 3 rings (SSSR count). The van der Waals surface area contributed by atoms with Crippen molar-refractivity contribution in [2.45, 2.75) is 18.5 Å². The molecule has 2 unspecified atom stereocenters. The summed E-state index contributed by atoms with van der Waals surface area (Å²) in [5.74, 6) is -0.397. The van der Waals surface area contributed by atoms with Crippen LogP contribution < -0.4 is 16.2 Å². The predicted octanol–water partition coefficient (Wildman–Crippen LogP) is 3.03. The first-order valence-corrected chi connectivity index (χ1v) is 7.32. The Morgan fingerprint density at radius 1 is 1.09 bits per heavy atom. The van der Waals surface area contributed by atoms with Crippen molar-refractivity contribution >= 4 is 23.2 Å². The molecule has 1 aliphatic heterocycles. The fourth-order valence-electron chi connectivity index (χ4n) is 2.40. The van der Waals surface area contributed by atoms with Crippen molar-refractivity contribution in [1.29, 1.82) is 0 Å². The summed E-state index contributed by atoms with van der Waals surface area (Å²) in [5.41, 5.74) is 7.67. The van der Waals surface area contributed by atoms with Crippen molar-refractivity contribution in [1.82, 2.24) is 10.9 Å². The Morgan fingerprint density at radius 3 is 2.45 bits per heavy atom. The Bertz CT molecular complexity index is 660. The van der Waals surface area contributed by atoms with Crippen molar-refractivity contribution in [3.05, 3.63) is 64.9 Å². The zero-order valence-corrected chi connectivity index (χ0v) is 12.4. The van der Waals surface area contributed by atoms with Crippen molar-refractivity contribution in [3.8, 4) is 0 Å². The quantitative estimate of drug-likeness (QED) is 0.815. The first-order chi connectivity index (χ1) is 10.6. The Balaban J connectivity index is 1.61. The number of carbonyl (C=O) groups excluding carboxylic acids is 1. The van der Waals surface area contributed by atoms with E-state index >= 15 is 0 Å². The summed E-state index contributed by atoms with van der Waals surface area (Å²) in [6, 6.07) is 12.8. The number of halogens is 2. The third kappa shape index (κ3) is 3.44. The van der Waals surface area contributed by atoms with Gasteiger partial charge >= 0.3 is 0 Å². The molecule has 0 saturated carbocycles. The number of carbonyl (C=O) groups is 1. The Labute approximate surface area is 132 Å². The fraction of sp³-hybridized carbons (Fsp3) is 0.188. The molecule has 3 N–H and O–H groups in total. The van der Waals surface area contributed by atoms with E-state index in [4.69, 9.17) is 11.6 Å². The van der Waals surface area contributed by atoms with Gasteiger partial charge in [0.1, 0.15) is 11.9 Å². The standard InChI is InChI=1S/C16H15ClFN3O/c17-11-3-7-13(8-4-11)19-16(22)15-9-14(20-21-15)10-1-5-12(18)6-2-10/h1-8,14-15,20-21H,9H2,(H,19,22). The number of rotatable bonds is 3.